The molecule has 0 saturated carbocycles. The smallest absolute Gasteiger partial charge is 0.308 e. The summed E-state index contributed by atoms with van der Waals surface area (Å²) in [6.07, 6.45) is 0.351. The van der Waals surface area contributed by atoms with Gasteiger partial charge in [-0.25, -0.2) is 0 Å². The molecule has 2 rings (SSSR count). The molecule has 134 valence electrons. The van der Waals surface area contributed by atoms with Crippen molar-refractivity contribution in [1.29, 1.82) is 0 Å². The molecular formula is C19H23NO4S. The topological polar surface area (TPSA) is 75.6 Å². The van der Waals surface area contributed by atoms with Gasteiger partial charge in [0.05, 0.1) is 18.1 Å². The van der Waals surface area contributed by atoms with Gasteiger partial charge in [0, 0.05) is 16.8 Å². The standard InChI is InChI=1S/C19H23NO4S/c1-4-24-16-7-5-14(6-8-16)9-15(19(22)23)10-20-18(21)17-11-25-13(3)12(17)2/h5-8,11,15H,4,9-10H2,1-3H3,(H,20,21)(H,22,23). The summed E-state index contributed by atoms with van der Waals surface area (Å²) in [5, 5.41) is 14.0. The first kappa shape index (κ1) is 19.0. The average Bonchev–Trinajstić information content (AvgIpc) is 2.92. The monoisotopic (exact) mass is 361 g/mol. The molecule has 1 aromatic heterocycles. The fourth-order valence-corrected chi connectivity index (χ4v) is 3.33. The maximum Gasteiger partial charge on any atom is 0.308 e. The molecule has 0 spiro atoms. The minimum absolute atomic E-state index is 0.0930. The van der Waals surface area contributed by atoms with Crippen LogP contribution in [0.4, 0.5) is 0 Å². The van der Waals surface area contributed by atoms with E-state index in [1.807, 2.05) is 50.4 Å². The molecule has 1 unspecified atom stereocenters. The fourth-order valence-electron chi connectivity index (χ4n) is 2.47. The maximum absolute atomic E-state index is 12.3. The van der Waals surface area contributed by atoms with Crippen LogP contribution in [0.15, 0.2) is 29.6 Å². The van der Waals surface area contributed by atoms with Crippen molar-refractivity contribution >= 4 is 23.2 Å². The molecule has 0 aliphatic rings. The van der Waals surface area contributed by atoms with E-state index < -0.39 is 11.9 Å². The minimum Gasteiger partial charge on any atom is -0.494 e. The number of hydrogen-bond acceptors (Lipinski definition) is 4. The first-order chi connectivity index (χ1) is 11.9. The summed E-state index contributed by atoms with van der Waals surface area (Å²) in [4.78, 5) is 24.9. The van der Waals surface area contributed by atoms with Gasteiger partial charge in [-0.05, 0) is 50.5 Å². The third-order valence-corrected chi connectivity index (χ3v) is 5.12. The first-order valence-electron chi connectivity index (χ1n) is 8.19. The molecule has 5 nitrogen and oxygen atoms in total. The van der Waals surface area contributed by atoms with E-state index in [2.05, 4.69) is 5.32 Å². The van der Waals surface area contributed by atoms with Crippen molar-refractivity contribution in [2.75, 3.05) is 13.2 Å². The average molecular weight is 361 g/mol. The van der Waals surface area contributed by atoms with E-state index >= 15 is 0 Å². The normalized spacial score (nSPS) is 11.8. The Kier molecular flexibility index (Phi) is 6.58. The lowest BCUT2D eigenvalue weighted by molar-refractivity contribution is -0.141. The first-order valence-corrected chi connectivity index (χ1v) is 9.07. The number of aryl methyl sites for hydroxylation is 1. The van der Waals surface area contributed by atoms with Gasteiger partial charge in [0.2, 0.25) is 0 Å². The number of thiophene rings is 1. The van der Waals surface area contributed by atoms with Crippen molar-refractivity contribution in [1.82, 2.24) is 5.32 Å². The summed E-state index contributed by atoms with van der Waals surface area (Å²) in [6.45, 7) is 6.45. The predicted molar refractivity (Wildman–Crippen MR) is 98.6 cm³/mol. The molecule has 0 aliphatic heterocycles. The Hall–Kier alpha value is -2.34. The maximum atomic E-state index is 12.3. The molecule has 1 aromatic carbocycles. The molecule has 0 saturated heterocycles. The van der Waals surface area contributed by atoms with Crippen LogP contribution in [0.3, 0.4) is 0 Å². The summed E-state index contributed by atoms with van der Waals surface area (Å²) in [6, 6.07) is 7.37. The molecule has 0 radical (unpaired) electrons. The van der Waals surface area contributed by atoms with Crippen LogP contribution < -0.4 is 10.1 Å². The van der Waals surface area contributed by atoms with Crippen LogP contribution in [0.5, 0.6) is 5.75 Å². The van der Waals surface area contributed by atoms with Gasteiger partial charge in [-0.2, -0.15) is 0 Å². The third-order valence-electron chi connectivity index (χ3n) is 4.10. The van der Waals surface area contributed by atoms with E-state index in [0.29, 0.717) is 18.6 Å². The van der Waals surface area contributed by atoms with E-state index in [0.717, 1.165) is 21.8 Å². The molecule has 1 heterocycles. The van der Waals surface area contributed by atoms with Gasteiger partial charge in [0.1, 0.15) is 5.75 Å². The Morgan fingerprint density at radius 1 is 1.24 bits per heavy atom. The quantitative estimate of drug-likeness (QED) is 0.755. The second kappa shape index (κ2) is 8.67. The number of carbonyl (C=O) groups excluding carboxylic acids is 1. The van der Waals surface area contributed by atoms with Crippen molar-refractivity contribution in [2.45, 2.75) is 27.2 Å². The van der Waals surface area contributed by atoms with Gasteiger partial charge in [0.15, 0.2) is 0 Å². The van der Waals surface area contributed by atoms with Gasteiger partial charge >= 0.3 is 5.97 Å². The van der Waals surface area contributed by atoms with E-state index in [-0.39, 0.29) is 12.5 Å². The van der Waals surface area contributed by atoms with Crippen LogP contribution >= 0.6 is 11.3 Å². The van der Waals surface area contributed by atoms with E-state index in [1.165, 1.54) is 11.3 Å². The lowest BCUT2D eigenvalue weighted by Gasteiger charge is -2.14. The van der Waals surface area contributed by atoms with Crippen LogP contribution in [0, 0.1) is 19.8 Å². The Morgan fingerprint density at radius 2 is 1.92 bits per heavy atom. The number of ether oxygens (including phenoxy) is 1. The van der Waals surface area contributed by atoms with Gasteiger partial charge in [-0.15, -0.1) is 11.3 Å². The Bertz CT molecular complexity index is 736. The SMILES string of the molecule is CCOc1ccc(CC(CNC(=O)c2csc(C)c2C)C(=O)O)cc1. The molecule has 2 aromatic rings. The molecule has 0 fully saturated rings. The third kappa shape index (κ3) is 5.06. The molecule has 1 atom stereocenters. The van der Waals surface area contributed by atoms with Crippen LogP contribution in [-0.2, 0) is 11.2 Å². The highest BCUT2D eigenvalue weighted by Crippen LogP contribution is 2.20. The molecular weight excluding hydrogens is 338 g/mol. The number of nitrogens with one attached hydrogen (secondary N) is 1. The molecule has 0 aliphatic carbocycles. The Morgan fingerprint density at radius 3 is 2.44 bits per heavy atom. The number of carboxylic acids is 1. The zero-order valence-electron chi connectivity index (χ0n) is 14.7. The molecule has 25 heavy (non-hydrogen) atoms. The Balaban J connectivity index is 1.97. The minimum atomic E-state index is -0.924. The fraction of sp³-hybridized carbons (Fsp3) is 0.368. The number of carbonyl (C=O) groups is 2. The van der Waals surface area contributed by atoms with Gasteiger partial charge in [-0.3, -0.25) is 9.59 Å². The second-order valence-electron chi connectivity index (χ2n) is 5.86. The summed E-state index contributed by atoms with van der Waals surface area (Å²) in [5.41, 5.74) is 2.46. The van der Waals surface area contributed by atoms with Crippen LogP contribution in [0.2, 0.25) is 0 Å². The highest BCUT2D eigenvalue weighted by molar-refractivity contribution is 7.10. The zero-order valence-corrected chi connectivity index (χ0v) is 15.5. The van der Waals surface area contributed by atoms with E-state index in [4.69, 9.17) is 4.74 Å². The summed E-state index contributed by atoms with van der Waals surface area (Å²) >= 11 is 1.52. The van der Waals surface area contributed by atoms with Gasteiger partial charge in [-0.1, -0.05) is 12.1 Å². The number of rotatable bonds is 8. The zero-order chi connectivity index (χ0) is 18.4. The number of carboxylic acid groups (broad SMARTS) is 1. The predicted octanol–water partition coefficient (Wildman–Crippen LogP) is 3.44. The molecule has 0 bridgehead atoms. The van der Waals surface area contributed by atoms with E-state index in [9.17, 15) is 14.7 Å². The number of aliphatic carboxylic acids is 1. The molecule has 2 N–H and O–H groups in total. The summed E-state index contributed by atoms with van der Waals surface area (Å²) < 4.78 is 5.38. The van der Waals surface area contributed by atoms with Crippen LogP contribution in [-0.4, -0.2) is 30.1 Å². The van der Waals surface area contributed by atoms with Crippen molar-refractivity contribution < 1.29 is 19.4 Å². The summed E-state index contributed by atoms with van der Waals surface area (Å²) in [7, 11) is 0. The van der Waals surface area contributed by atoms with E-state index in [1.54, 1.807) is 0 Å². The Labute approximate surface area is 151 Å². The number of hydrogen-bond donors (Lipinski definition) is 2. The number of amides is 1. The lowest BCUT2D eigenvalue weighted by Crippen LogP contribution is -2.34. The summed E-state index contributed by atoms with van der Waals surface area (Å²) in [5.74, 6) is -1.07. The van der Waals surface area contributed by atoms with Gasteiger partial charge in [0.25, 0.3) is 5.91 Å². The highest BCUT2D eigenvalue weighted by Gasteiger charge is 2.20. The largest absolute Gasteiger partial charge is 0.494 e. The molecule has 1 amide bonds. The van der Waals surface area contributed by atoms with Gasteiger partial charge < -0.3 is 15.2 Å². The number of benzene rings is 1. The lowest BCUT2D eigenvalue weighted by atomic mass is 9.99. The highest BCUT2D eigenvalue weighted by atomic mass is 32.1. The second-order valence-corrected chi connectivity index (χ2v) is 6.94. The van der Waals surface area contributed by atoms with Crippen molar-refractivity contribution in [3.05, 3.63) is 51.2 Å². The molecule has 6 heteroatoms. The van der Waals surface area contributed by atoms with Crippen molar-refractivity contribution in [3.63, 3.8) is 0 Å². The van der Waals surface area contributed by atoms with Crippen molar-refractivity contribution in [3.8, 4) is 5.75 Å². The van der Waals surface area contributed by atoms with Crippen LogP contribution in [0.1, 0.15) is 33.3 Å². The van der Waals surface area contributed by atoms with Crippen molar-refractivity contribution in [2.24, 2.45) is 5.92 Å². The van der Waals surface area contributed by atoms with Crippen LogP contribution in [0.25, 0.3) is 0 Å².